The van der Waals surface area contributed by atoms with Crippen LogP contribution in [0.5, 0.6) is 0 Å². The van der Waals surface area contributed by atoms with Gasteiger partial charge in [0.1, 0.15) is 9.84 Å². The lowest BCUT2D eigenvalue weighted by Crippen LogP contribution is -2.35. The Morgan fingerprint density at radius 2 is 1.95 bits per heavy atom. The second kappa shape index (κ2) is 7.85. The molecule has 0 saturated carbocycles. The van der Waals surface area contributed by atoms with Crippen molar-refractivity contribution < 1.29 is 18.3 Å². The first-order valence-corrected chi connectivity index (χ1v) is 8.89. The minimum Gasteiger partial charge on any atom is -0.481 e. The fourth-order valence-corrected chi connectivity index (χ4v) is 3.34. The molecule has 19 heavy (non-hydrogen) atoms. The molecule has 0 amide bonds. The molecule has 1 rings (SSSR count). The molecular weight excluding hydrogens is 266 g/mol. The van der Waals surface area contributed by atoms with Crippen molar-refractivity contribution in [1.29, 1.82) is 0 Å². The smallest absolute Gasteiger partial charge is 0.303 e. The summed E-state index contributed by atoms with van der Waals surface area (Å²) in [5.41, 5.74) is 0. The first-order valence-electron chi connectivity index (χ1n) is 7.07. The van der Waals surface area contributed by atoms with Crippen molar-refractivity contribution in [3.63, 3.8) is 0 Å². The summed E-state index contributed by atoms with van der Waals surface area (Å²) in [6.07, 6.45) is 3.81. The third kappa shape index (κ3) is 6.92. The molecule has 1 aliphatic rings. The Labute approximate surface area is 115 Å². The van der Waals surface area contributed by atoms with Crippen LogP contribution in [0.25, 0.3) is 0 Å². The molecule has 1 saturated heterocycles. The summed E-state index contributed by atoms with van der Waals surface area (Å²) < 4.78 is 22.7. The van der Waals surface area contributed by atoms with Crippen molar-refractivity contribution in [2.45, 2.75) is 39.0 Å². The number of aliphatic carboxylic acids is 1. The molecule has 112 valence electrons. The van der Waals surface area contributed by atoms with E-state index in [9.17, 15) is 13.2 Å². The summed E-state index contributed by atoms with van der Waals surface area (Å²) in [6.45, 7) is 4.46. The second-order valence-corrected chi connectivity index (χ2v) is 7.78. The Kier molecular flexibility index (Phi) is 6.79. The Morgan fingerprint density at radius 3 is 2.47 bits per heavy atom. The van der Waals surface area contributed by atoms with E-state index in [0.29, 0.717) is 12.3 Å². The monoisotopic (exact) mass is 291 g/mol. The van der Waals surface area contributed by atoms with E-state index in [2.05, 4.69) is 4.90 Å². The number of hydrogen-bond acceptors (Lipinski definition) is 4. The lowest BCUT2D eigenvalue weighted by Gasteiger charge is -2.31. The molecule has 1 N–H and O–H groups in total. The highest BCUT2D eigenvalue weighted by molar-refractivity contribution is 7.91. The van der Waals surface area contributed by atoms with Gasteiger partial charge in [0.2, 0.25) is 0 Å². The Balaban J connectivity index is 2.15. The molecule has 1 heterocycles. The van der Waals surface area contributed by atoms with Gasteiger partial charge in [0.15, 0.2) is 0 Å². The average Bonchev–Trinajstić information content (AvgIpc) is 2.37. The van der Waals surface area contributed by atoms with Crippen LogP contribution in [0.3, 0.4) is 0 Å². The highest BCUT2D eigenvalue weighted by Gasteiger charge is 2.19. The Hall–Kier alpha value is -0.620. The van der Waals surface area contributed by atoms with E-state index in [0.717, 1.165) is 38.9 Å². The summed E-state index contributed by atoms with van der Waals surface area (Å²) in [6, 6.07) is 0. The van der Waals surface area contributed by atoms with E-state index in [-0.39, 0.29) is 17.9 Å². The minimum atomic E-state index is -2.84. The second-order valence-electron chi connectivity index (χ2n) is 5.31. The lowest BCUT2D eigenvalue weighted by atomic mass is 9.92. The van der Waals surface area contributed by atoms with Gasteiger partial charge in [-0.15, -0.1) is 0 Å². The fourth-order valence-electron chi connectivity index (χ4n) is 2.48. The number of piperidine rings is 1. The van der Waals surface area contributed by atoms with Gasteiger partial charge in [-0.2, -0.15) is 0 Å². The predicted octanol–water partition coefficient (Wildman–Crippen LogP) is 1.39. The normalized spacial score (nSPS) is 18.6. The average molecular weight is 291 g/mol. The maximum Gasteiger partial charge on any atom is 0.303 e. The van der Waals surface area contributed by atoms with Gasteiger partial charge in [0.25, 0.3) is 0 Å². The van der Waals surface area contributed by atoms with Crippen LogP contribution in [0.4, 0.5) is 0 Å². The molecule has 0 unspecified atom stereocenters. The predicted molar refractivity (Wildman–Crippen MR) is 75.0 cm³/mol. The van der Waals surface area contributed by atoms with Crippen LogP contribution in [-0.2, 0) is 14.6 Å². The molecule has 6 heteroatoms. The van der Waals surface area contributed by atoms with Gasteiger partial charge in [0, 0.05) is 12.2 Å². The van der Waals surface area contributed by atoms with Gasteiger partial charge in [-0.3, -0.25) is 4.79 Å². The summed E-state index contributed by atoms with van der Waals surface area (Å²) in [5.74, 6) is 0.311. The number of carboxylic acid groups (broad SMARTS) is 1. The van der Waals surface area contributed by atoms with Crippen LogP contribution >= 0.6 is 0 Å². The van der Waals surface area contributed by atoms with E-state index >= 15 is 0 Å². The molecule has 0 spiro atoms. The van der Waals surface area contributed by atoms with Gasteiger partial charge < -0.3 is 10.0 Å². The van der Waals surface area contributed by atoms with E-state index in [4.69, 9.17) is 5.11 Å². The zero-order valence-corrected chi connectivity index (χ0v) is 12.5. The topological polar surface area (TPSA) is 74.7 Å². The van der Waals surface area contributed by atoms with Crippen LogP contribution in [0.15, 0.2) is 0 Å². The first kappa shape index (κ1) is 16.4. The van der Waals surface area contributed by atoms with Crippen molar-refractivity contribution in [1.82, 2.24) is 4.90 Å². The minimum absolute atomic E-state index is 0.226. The molecular formula is C13H25NO4S. The van der Waals surface area contributed by atoms with Crippen molar-refractivity contribution >= 4 is 15.8 Å². The van der Waals surface area contributed by atoms with Gasteiger partial charge in [-0.05, 0) is 51.2 Å². The van der Waals surface area contributed by atoms with Gasteiger partial charge in [-0.25, -0.2) is 8.42 Å². The van der Waals surface area contributed by atoms with Crippen LogP contribution in [0.2, 0.25) is 0 Å². The highest BCUT2D eigenvalue weighted by Crippen LogP contribution is 2.21. The third-order valence-corrected chi connectivity index (χ3v) is 5.63. The number of carbonyl (C=O) groups is 1. The maximum absolute atomic E-state index is 11.4. The quantitative estimate of drug-likeness (QED) is 0.731. The van der Waals surface area contributed by atoms with Crippen molar-refractivity contribution in [2.75, 3.05) is 31.1 Å². The standard InChI is InChI=1S/C13H25NO4S/c1-2-19(17,18)11-3-8-14-9-6-12(7-10-14)4-5-13(15)16/h12H,2-11H2,1H3,(H,15,16). The molecule has 1 aliphatic heterocycles. The fraction of sp³-hybridized carbons (Fsp3) is 0.923. The maximum atomic E-state index is 11.4. The number of carboxylic acids is 1. The van der Waals surface area contributed by atoms with Crippen molar-refractivity contribution in [2.24, 2.45) is 5.92 Å². The number of likely N-dealkylation sites (tertiary alicyclic amines) is 1. The molecule has 0 bridgehead atoms. The van der Waals surface area contributed by atoms with E-state index < -0.39 is 15.8 Å². The summed E-state index contributed by atoms with van der Waals surface area (Å²) in [7, 11) is -2.84. The first-order chi connectivity index (χ1) is 8.93. The molecule has 0 aromatic carbocycles. The summed E-state index contributed by atoms with van der Waals surface area (Å²) >= 11 is 0. The zero-order chi connectivity index (χ0) is 14.3. The lowest BCUT2D eigenvalue weighted by molar-refractivity contribution is -0.137. The Morgan fingerprint density at radius 1 is 1.32 bits per heavy atom. The molecule has 0 radical (unpaired) electrons. The van der Waals surface area contributed by atoms with Crippen LogP contribution < -0.4 is 0 Å². The van der Waals surface area contributed by atoms with Crippen LogP contribution in [0, 0.1) is 5.92 Å². The SMILES string of the molecule is CCS(=O)(=O)CCCN1CCC(CCC(=O)O)CC1. The number of nitrogens with zero attached hydrogens (tertiary/aromatic N) is 1. The Bertz CT molecular complexity index is 372. The largest absolute Gasteiger partial charge is 0.481 e. The number of sulfone groups is 1. The summed E-state index contributed by atoms with van der Waals surface area (Å²) in [5, 5.41) is 8.64. The zero-order valence-electron chi connectivity index (χ0n) is 11.7. The molecule has 0 aromatic rings. The number of rotatable bonds is 8. The molecule has 5 nitrogen and oxygen atoms in total. The van der Waals surface area contributed by atoms with E-state index in [1.165, 1.54) is 0 Å². The van der Waals surface area contributed by atoms with Crippen LogP contribution in [-0.4, -0.2) is 55.5 Å². The van der Waals surface area contributed by atoms with Crippen LogP contribution in [0.1, 0.15) is 39.0 Å². The molecule has 0 atom stereocenters. The van der Waals surface area contributed by atoms with Gasteiger partial charge in [-0.1, -0.05) is 6.92 Å². The molecule has 0 aliphatic carbocycles. The number of hydrogen-bond donors (Lipinski definition) is 1. The van der Waals surface area contributed by atoms with Gasteiger partial charge in [0.05, 0.1) is 5.75 Å². The van der Waals surface area contributed by atoms with Gasteiger partial charge >= 0.3 is 5.97 Å². The van der Waals surface area contributed by atoms with E-state index in [1.807, 2.05) is 0 Å². The highest BCUT2D eigenvalue weighted by atomic mass is 32.2. The summed E-state index contributed by atoms with van der Waals surface area (Å²) in [4.78, 5) is 12.8. The molecule has 1 fully saturated rings. The van der Waals surface area contributed by atoms with E-state index in [1.54, 1.807) is 6.92 Å². The third-order valence-electron chi connectivity index (χ3n) is 3.84. The van der Waals surface area contributed by atoms with Crippen molar-refractivity contribution in [3.8, 4) is 0 Å². The van der Waals surface area contributed by atoms with Crippen molar-refractivity contribution in [3.05, 3.63) is 0 Å². The molecule has 0 aromatic heterocycles.